The maximum Gasteiger partial charge on any atom is 0.360 e. The molecule has 2 N–H and O–H groups in total. The molecule has 0 atom stereocenters. The normalized spacial score (nSPS) is 11.1. The molecule has 15 heavy (non-hydrogen) atoms. The molecule has 6 nitrogen and oxygen atoms in total. The number of nitrogens with zero attached hydrogens (tertiary/aromatic N) is 2. The van der Waals surface area contributed by atoms with Crippen LogP contribution in [0.2, 0.25) is 5.15 Å². The molecule has 1 rings (SSSR count). The Morgan fingerprint density at radius 3 is 2.13 bits per heavy atom. The first-order valence-corrected chi connectivity index (χ1v) is 3.92. The van der Waals surface area contributed by atoms with Crippen molar-refractivity contribution in [2.24, 2.45) is 0 Å². The molecule has 0 spiro atoms. The molecule has 0 aliphatic carbocycles. The second-order valence-electron chi connectivity index (χ2n) is 2.51. The Morgan fingerprint density at radius 2 is 1.80 bits per heavy atom. The van der Waals surface area contributed by atoms with Crippen LogP contribution in [0.25, 0.3) is 0 Å². The van der Waals surface area contributed by atoms with E-state index in [1.165, 1.54) is 0 Å². The molecular formula is C7H4ClFN2O4. The Morgan fingerprint density at radius 1 is 1.27 bits per heavy atom. The summed E-state index contributed by atoms with van der Waals surface area (Å²) in [6, 6.07) is 1.89. The first-order chi connectivity index (χ1) is 6.89. The van der Waals surface area contributed by atoms with E-state index in [9.17, 15) is 14.0 Å². The van der Waals surface area contributed by atoms with E-state index in [-0.39, 0.29) is 5.15 Å². The molecule has 0 aromatic carbocycles. The van der Waals surface area contributed by atoms with Crippen LogP contribution in [-0.4, -0.2) is 32.3 Å². The topological polar surface area (TPSA) is 100 Å². The van der Waals surface area contributed by atoms with Crippen LogP contribution >= 0.6 is 11.6 Å². The third kappa shape index (κ3) is 1.86. The highest BCUT2D eigenvalue weighted by molar-refractivity contribution is 6.29. The molecule has 0 fully saturated rings. The number of carboxylic acids is 2. The van der Waals surface area contributed by atoms with Crippen molar-refractivity contribution >= 4 is 23.5 Å². The fraction of sp³-hybridized carbons (Fsp3) is 0.143. The van der Waals surface area contributed by atoms with Crippen molar-refractivity contribution in [3.05, 3.63) is 23.0 Å². The summed E-state index contributed by atoms with van der Waals surface area (Å²) in [5.41, 5.74) is -4.45. The van der Waals surface area contributed by atoms with Gasteiger partial charge in [-0.25, -0.2) is 14.0 Å². The van der Waals surface area contributed by atoms with Crippen molar-refractivity contribution in [2.45, 2.75) is 5.67 Å². The smallest absolute Gasteiger partial charge is 0.360 e. The minimum absolute atomic E-state index is 0.100. The SMILES string of the molecule is O=C(O)C(F)(C(=O)O)c1ccc(Cl)nn1. The lowest BCUT2D eigenvalue weighted by molar-refractivity contribution is -0.168. The molecule has 1 aromatic rings. The van der Waals surface area contributed by atoms with Crippen LogP contribution < -0.4 is 0 Å². The standard InChI is InChI=1S/C7H4ClFN2O4/c8-4-2-1-3(10-11-4)7(9,5(12)13)6(14)15/h1-2H,(H,12,13)(H,14,15). The zero-order valence-corrected chi connectivity index (χ0v) is 7.77. The Labute approximate surface area is 87.3 Å². The molecule has 0 radical (unpaired) electrons. The highest BCUT2D eigenvalue weighted by Gasteiger charge is 2.51. The summed E-state index contributed by atoms with van der Waals surface area (Å²) in [5, 5.41) is 23.1. The number of rotatable bonds is 3. The van der Waals surface area contributed by atoms with Gasteiger partial charge < -0.3 is 10.2 Å². The Hall–Kier alpha value is -1.76. The number of carbonyl (C=O) groups is 2. The van der Waals surface area contributed by atoms with Gasteiger partial charge in [-0.15, -0.1) is 10.2 Å². The third-order valence-electron chi connectivity index (χ3n) is 1.57. The minimum Gasteiger partial charge on any atom is -0.478 e. The van der Waals surface area contributed by atoms with Crippen molar-refractivity contribution in [1.82, 2.24) is 10.2 Å². The molecule has 8 heteroatoms. The summed E-state index contributed by atoms with van der Waals surface area (Å²) in [7, 11) is 0. The lowest BCUT2D eigenvalue weighted by Gasteiger charge is -2.13. The van der Waals surface area contributed by atoms with E-state index in [0.717, 1.165) is 12.1 Å². The average molecular weight is 235 g/mol. The van der Waals surface area contributed by atoms with Gasteiger partial charge in [0.15, 0.2) is 5.15 Å². The minimum atomic E-state index is -3.61. The first-order valence-electron chi connectivity index (χ1n) is 3.54. The quantitative estimate of drug-likeness (QED) is 0.737. The van der Waals surface area contributed by atoms with Gasteiger partial charge in [-0.3, -0.25) is 0 Å². The maximum absolute atomic E-state index is 13.6. The van der Waals surface area contributed by atoms with Crippen LogP contribution in [0.5, 0.6) is 0 Å². The molecule has 0 bridgehead atoms. The van der Waals surface area contributed by atoms with Crippen molar-refractivity contribution in [3.63, 3.8) is 0 Å². The van der Waals surface area contributed by atoms with Crippen LogP contribution in [0.15, 0.2) is 12.1 Å². The number of aliphatic carboxylic acids is 2. The molecule has 0 aliphatic heterocycles. The van der Waals surface area contributed by atoms with E-state index in [0.29, 0.717) is 0 Å². The van der Waals surface area contributed by atoms with Crippen molar-refractivity contribution in [3.8, 4) is 0 Å². The molecule has 1 heterocycles. The van der Waals surface area contributed by atoms with Gasteiger partial charge in [0.1, 0.15) is 5.69 Å². The lowest BCUT2D eigenvalue weighted by Crippen LogP contribution is -2.40. The number of halogens is 2. The van der Waals surface area contributed by atoms with Crippen LogP contribution in [0.1, 0.15) is 5.69 Å². The van der Waals surface area contributed by atoms with Crippen LogP contribution in [0.3, 0.4) is 0 Å². The Bertz CT molecular complexity index is 394. The van der Waals surface area contributed by atoms with Crippen molar-refractivity contribution in [1.29, 1.82) is 0 Å². The van der Waals surface area contributed by atoms with E-state index >= 15 is 0 Å². The van der Waals surface area contributed by atoms with Gasteiger partial charge in [0.2, 0.25) is 0 Å². The highest BCUT2D eigenvalue weighted by Crippen LogP contribution is 2.25. The summed E-state index contributed by atoms with van der Waals surface area (Å²) >= 11 is 5.33. The van der Waals surface area contributed by atoms with E-state index < -0.39 is 23.3 Å². The fourth-order valence-electron chi connectivity index (χ4n) is 0.810. The van der Waals surface area contributed by atoms with Gasteiger partial charge in [-0.05, 0) is 12.1 Å². The van der Waals surface area contributed by atoms with E-state index in [4.69, 9.17) is 21.8 Å². The van der Waals surface area contributed by atoms with Gasteiger partial charge in [0.05, 0.1) is 0 Å². The fourth-order valence-corrected chi connectivity index (χ4v) is 0.911. The van der Waals surface area contributed by atoms with E-state index in [1.54, 1.807) is 0 Å². The van der Waals surface area contributed by atoms with Crippen LogP contribution in [0, 0.1) is 0 Å². The Balaban J connectivity index is 3.28. The van der Waals surface area contributed by atoms with Gasteiger partial charge in [0.25, 0.3) is 0 Å². The van der Waals surface area contributed by atoms with Crippen molar-refractivity contribution in [2.75, 3.05) is 0 Å². The summed E-state index contributed by atoms with van der Waals surface area (Å²) in [4.78, 5) is 21.0. The molecule has 0 saturated heterocycles. The number of carboxylic acid groups (broad SMARTS) is 2. The predicted molar refractivity (Wildman–Crippen MR) is 45.1 cm³/mol. The summed E-state index contributed by atoms with van der Waals surface area (Å²) in [6.07, 6.45) is 0. The first kappa shape index (κ1) is 11.3. The summed E-state index contributed by atoms with van der Waals surface area (Å²) < 4.78 is 13.6. The monoisotopic (exact) mass is 234 g/mol. The summed E-state index contributed by atoms with van der Waals surface area (Å²) in [5.74, 6) is -4.35. The second kappa shape index (κ2) is 3.77. The lowest BCUT2D eigenvalue weighted by atomic mass is 10.0. The Kier molecular flexibility index (Phi) is 2.85. The molecular weight excluding hydrogens is 231 g/mol. The molecule has 0 saturated carbocycles. The zero-order chi connectivity index (χ0) is 11.6. The molecule has 1 aromatic heterocycles. The number of hydrogen-bond acceptors (Lipinski definition) is 4. The molecule has 0 amide bonds. The van der Waals surface area contributed by atoms with Gasteiger partial charge in [-0.1, -0.05) is 11.6 Å². The predicted octanol–water partition coefficient (Wildman–Crippen LogP) is 0.464. The molecule has 80 valence electrons. The van der Waals surface area contributed by atoms with Gasteiger partial charge in [0, 0.05) is 0 Å². The van der Waals surface area contributed by atoms with E-state index in [1.807, 2.05) is 0 Å². The zero-order valence-electron chi connectivity index (χ0n) is 7.02. The maximum atomic E-state index is 13.6. The third-order valence-corrected chi connectivity index (χ3v) is 1.78. The highest BCUT2D eigenvalue weighted by atomic mass is 35.5. The number of aromatic nitrogens is 2. The average Bonchev–Trinajstić information content (AvgIpc) is 2.17. The van der Waals surface area contributed by atoms with Gasteiger partial charge in [-0.2, -0.15) is 0 Å². The second-order valence-corrected chi connectivity index (χ2v) is 2.90. The van der Waals surface area contributed by atoms with Gasteiger partial charge >= 0.3 is 17.6 Å². The van der Waals surface area contributed by atoms with Crippen LogP contribution in [0.4, 0.5) is 4.39 Å². The van der Waals surface area contributed by atoms with E-state index in [2.05, 4.69) is 10.2 Å². The largest absolute Gasteiger partial charge is 0.478 e. The number of alkyl halides is 1. The van der Waals surface area contributed by atoms with Crippen molar-refractivity contribution < 1.29 is 24.2 Å². The summed E-state index contributed by atoms with van der Waals surface area (Å²) in [6.45, 7) is 0. The number of hydrogen-bond donors (Lipinski definition) is 2. The molecule has 0 unspecified atom stereocenters. The molecule has 0 aliphatic rings. The van der Waals surface area contributed by atoms with Crippen LogP contribution in [-0.2, 0) is 15.3 Å².